The summed E-state index contributed by atoms with van der Waals surface area (Å²) in [4.78, 5) is 0. The van der Waals surface area contributed by atoms with Crippen molar-refractivity contribution >= 4 is 33.5 Å². The van der Waals surface area contributed by atoms with Crippen LogP contribution in [-0.2, 0) is 0 Å². The lowest BCUT2D eigenvalue weighted by molar-refractivity contribution is 0.388. The molecule has 4 heteroatoms. The molecule has 0 N–H and O–H groups in total. The van der Waals surface area contributed by atoms with Gasteiger partial charge in [-0.05, 0) is 52.9 Å². The van der Waals surface area contributed by atoms with Gasteiger partial charge in [-0.25, -0.2) is 0 Å². The summed E-state index contributed by atoms with van der Waals surface area (Å²) < 4.78 is 8.50. The van der Waals surface area contributed by atoms with Crippen molar-refractivity contribution in [3.05, 3.63) is 52.1 Å². The maximum absolute atomic E-state index is 5.49. The van der Waals surface area contributed by atoms with Gasteiger partial charge < -0.3 is 4.74 Å². The first kappa shape index (κ1) is 11.5. The Labute approximate surface area is 119 Å². The number of nitrogens with zero attached hydrogens (tertiary/aromatic N) is 2. The molecule has 1 aromatic heterocycles. The standard InChI is InChI=1S/C14H11IN2O/c1-18-14-12-7-2-3-8-13(12)16-17(14)11-6-4-5-10(15)9-11/h2-9H,1H3. The molecule has 0 amide bonds. The van der Waals surface area contributed by atoms with Crippen LogP contribution in [0.2, 0.25) is 0 Å². The zero-order chi connectivity index (χ0) is 12.5. The third-order valence-corrected chi connectivity index (χ3v) is 3.45. The van der Waals surface area contributed by atoms with Gasteiger partial charge in [-0.15, -0.1) is 0 Å². The number of methoxy groups -OCH3 is 1. The third-order valence-electron chi connectivity index (χ3n) is 2.78. The van der Waals surface area contributed by atoms with Gasteiger partial charge in [0.1, 0.15) is 0 Å². The molecule has 0 atom stereocenters. The van der Waals surface area contributed by atoms with Gasteiger partial charge in [-0.3, -0.25) is 0 Å². The topological polar surface area (TPSA) is 27.1 Å². The molecule has 3 aromatic rings. The second kappa shape index (κ2) is 4.61. The molecular weight excluding hydrogens is 339 g/mol. The first-order valence-corrected chi connectivity index (χ1v) is 6.65. The van der Waals surface area contributed by atoms with Crippen LogP contribution in [0.25, 0.3) is 16.6 Å². The fourth-order valence-corrected chi connectivity index (χ4v) is 2.51. The van der Waals surface area contributed by atoms with Crippen LogP contribution in [0.5, 0.6) is 5.88 Å². The predicted octanol–water partition coefficient (Wildman–Crippen LogP) is 3.64. The monoisotopic (exact) mass is 350 g/mol. The van der Waals surface area contributed by atoms with Crippen LogP contribution in [-0.4, -0.2) is 16.9 Å². The van der Waals surface area contributed by atoms with Crippen LogP contribution >= 0.6 is 22.6 Å². The van der Waals surface area contributed by atoms with Crippen molar-refractivity contribution in [3.8, 4) is 11.6 Å². The Kier molecular flexibility index (Phi) is 2.95. The SMILES string of the molecule is COc1c2ccccc2nn1-c1cccc(I)c1. The van der Waals surface area contributed by atoms with E-state index < -0.39 is 0 Å². The maximum atomic E-state index is 5.49. The minimum Gasteiger partial charge on any atom is -0.480 e. The highest BCUT2D eigenvalue weighted by Crippen LogP contribution is 2.28. The van der Waals surface area contributed by atoms with Gasteiger partial charge in [-0.2, -0.15) is 9.78 Å². The Morgan fingerprint density at radius 2 is 1.94 bits per heavy atom. The van der Waals surface area contributed by atoms with Crippen LogP contribution in [0.3, 0.4) is 0 Å². The average molecular weight is 350 g/mol. The molecule has 0 fully saturated rings. The lowest BCUT2D eigenvalue weighted by atomic mass is 10.2. The van der Waals surface area contributed by atoms with Crippen molar-refractivity contribution in [2.24, 2.45) is 0 Å². The highest BCUT2D eigenvalue weighted by atomic mass is 127. The Bertz CT molecular complexity index is 706. The van der Waals surface area contributed by atoms with Crippen molar-refractivity contribution in [1.29, 1.82) is 0 Å². The molecule has 2 aromatic carbocycles. The minimum atomic E-state index is 0.771. The zero-order valence-electron chi connectivity index (χ0n) is 9.80. The molecule has 0 radical (unpaired) electrons. The van der Waals surface area contributed by atoms with E-state index in [4.69, 9.17) is 4.74 Å². The van der Waals surface area contributed by atoms with Gasteiger partial charge >= 0.3 is 0 Å². The van der Waals surface area contributed by atoms with Gasteiger partial charge in [0.2, 0.25) is 5.88 Å². The van der Waals surface area contributed by atoms with Crippen LogP contribution < -0.4 is 4.74 Å². The molecular formula is C14H11IN2O. The fourth-order valence-electron chi connectivity index (χ4n) is 1.99. The summed E-state index contributed by atoms with van der Waals surface area (Å²) in [5, 5.41) is 5.61. The molecule has 0 aliphatic rings. The number of halogens is 1. The predicted molar refractivity (Wildman–Crippen MR) is 80.3 cm³/mol. The molecule has 90 valence electrons. The Balaban J connectivity index is 2.28. The van der Waals surface area contributed by atoms with E-state index in [1.807, 2.05) is 41.1 Å². The zero-order valence-corrected chi connectivity index (χ0v) is 12.0. The summed E-state index contributed by atoms with van der Waals surface area (Å²) in [7, 11) is 1.67. The van der Waals surface area contributed by atoms with E-state index in [0.29, 0.717) is 0 Å². The lowest BCUT2D eigenvalue weighted by Gasteiger charge is -2.06. The van der Waals surface area contributed by atoms with E-state index in [-0.39, 0.29) is 0 Å². The number of hydrogen-bond acceptors (Lipinski definition) is 2. The van der Waals surface area contributed by atoms with Gasteiger partial charge in [-0.1, -0.05) is 18.2 Å². The van der Waals surface area contributed by atoms with E-state index in [9.17, 15) is 0 Å². The number of ether oxygens (including phenoxy) is 1. The molecule has 0 spiro atoms. The van der Waals surface area contributed by atoms with E-state index in [2.05, 4.69) is 39.8 Å². The summed E-state index contributed by atoms with van der Waals surface area (Å²) in [6.07, 6.45) is 0. The lowest BCUT2D eigenvalue weighted by Crippen LogP contribution is -1.99. The largest absolute Gasteiger partial charge is 0.480 e. The van der Waals surface area contributed by atoms with Crippen molar-refractivity contribution in [1.82, 2.24) is 9.78 Å². The molecule has 0 unspecified atom stereocenters. The molecule has 3 rings (SSSR count). The quantitative estimate of drug-likeness (QED) is 0.660. The van der Waals surface area contributed by atoms with Crippen LogP contribution in [0.1, 0.15) is 0 Å². The van der Waals surface area contributed by atoms with Gasteiger partial charge in [0.05, 0.1) is 23.7 Å². The minimum absolute atomic E-state index is 0.771. The van der Waals surface area contributed by atoms with Gasteiger partial charge in [0, 0.05) is 3.57 Å². The van der Waals surface area contributed by atoms with Crippen molar-refractivity contribution in [2.75, 3.05) is 7.11 Å². The van der Waals surface area contributed by atoms with Crippen LogP contribution in [0.15, 0.2) is 48.5 Å². The fraction of sp³-hybridized carbons (Fsp3) is 0.0714. The van der Waals surface area contributed by atoms with Crippen molar-refractivity contribution in [2.45, 2.75) is 0 Å². The van der Waals surface area contributed by atoms with Crippen LogP contribution in [0, 0.1) is 3.57 Å². The molecule has 0 saturated heterocycles. The van der Waals surface area contributed by atoms with E-state index in [1.165, 1.54) is 3.57 Å². The maximum Gasteiger partial charge on any atom is 0.224 e. The summed E-state index contributed by atoms with van der Waals surface area (Å²) >= 11 is 2.29. The molecule has 0 bridgehead atoms. The summed E-state index contributed by atoms with van der Waals surface area (Å²) in [6.45, 7) is 0. The van der Waals surface area contributed by atoms with Gasteiger partial charge in [0.25, 0.3) is 0 Å². The average Bonchev–Trinajstić information content (AvgIpc) is 2.77. The Morgan fingerprint density at radius 3 is 2.72 bits per heavy atom. The second-order valence-electron chi connectivity index (χ2n) is 3.92. The number of fused-ring (bicyclic) bond motifs is 1. The Morgan fingerprint density at radius 1 is 1.11 bits per heavy atom. The molecule has 18 heavy (non-hydrogen) atoms. The van der Waals surface area contributed by atoms with Crippen LogP contribution in [0.4, 0.5) is 0 Å². The summed E-state index contributed by atoms with van der Waals surface area (Å²) in [5.74, 6) is 0.771. The smallest absolute Gasteiger partial charge is 0.224 e. The third kappa shape index (κ3) is 1.86. The number of hydrogen-bond donors (Lipinski definition) is 0. The van der Waals surface area contributed by atoms with Gasteiger partial charge in [0.15, 0.2) is 0 Å². The molecule has 0 aliphatic heterocycles. The first-order chi connectivity index (χ1) is 8.79. The first-order valence-electron chi connectivity index (χ1n) is 5.57. The highest BCUT2D eigenvalue weighted by molar-refractivity contribution is 14.1. The van der Waals surface area contributed by atoms with E-state index >= 15 is 0 Å². The second-order valence-corrected chi connectivity index (χ2v) is 5.16. The summed E-state index contributed by atoms with van der Waals surface area (Å²) in [5.41, 5.74) is 1.95. The number of rotatable bonds is 2. The highest BCUT2D eigenvalue weighted by Gasteiger charge is 2.12. The molecule has 0 aliphatic carbocycles. The van der Waals surface area contributed by atoms with Crippen molar-refractivity contribution < 1.29 is 4.74 Å². The van der Waals surface area contributed by atoms with E-state index in [0.717, 1.165) is 22.5 Å². The Hall–Kier alpha value is -1.56. The van der Waals surface area contributed by atoms with E-state index in [1.54, 1.807) is 7.11 Å². The number of benzene rings is 2. The van der Waals surface area contributed by atoms with Crippen molar-refractivity contribution in [3.63, 3.8) is 0 Å². The summed E-state index contributed by atoms with van der Waals surface area (Å²) in [6, 6.07) is 16.2. The molecule has 1 heterocycles. The molecule has 3 nitrogen and oxygen atoms in total. The molecule has 0 saturated carbocycles. The normalized spacial score (nSPS) is 10.8. The number of aromatic nitrogens is 2.